The second-order valence-electron chi connectivity index (χ2n) is 37.2. The van der Waals surface area contributed by atoms with Crippen LogP contribution in [0.2, 0.25) is 0 Å². The minimum absolute atomic E-state index is 0.0162. The number of nitrogens with one attached hydrogen (secondary N) is 7. The highest BCUT2D eigenvalue weighted by Gasteiger charge is 2.25. The molecule has 0 aromatic heterocycles. The van der Waals surface area contributed by atoms with Crippen molar-refractivity contribution >= 4 is 129 Å². The Kier molecular flexibility index (Phi) is 35.9. The van der Waals surface area contributed by atoms with E-state index in [1.54, 1.807) is 145 Å². The van der Waals surface area contributed by atoms with Crippen molar-refractivity contribution in [3.8, 4) is 34.5 Å². The fraction of sp³-hybridized carbons (Fsp3) is 0.230. The lowest BCUT2D eigenvalue weighted by molar-refractivity contribution is -0.138. The van der Waals surface area contributed by atoms with Crippen LogP contribution in [0, 0.1) is 17.8 Å². The van der Waals surface area contributed by atoms with Crippen LogP contribution in [0.4, 0.5) is 39.8 Å². The first-order valence-corrected chi connectivity index (χ1v) is 45.3. The van der Waals surface area contributed by atoms with Gasteiger partial charge in [-0.15, -0.1) is 0 Å². The summed E-state index contributed by atoms with van der Waals surface area (Å²) in [5.74, 6) is -6.02. The molecule has 28 nitrogen and oxygen atoms in total. The monoisotopic (exact) mass is 1900 g/mol. The Morgan fingerprint density at radius 2 is 0.461 bits per heavy atom. The number of amides is 7. The van der Waals surface area contributed by atoms with E-state index in [1.807, 2.05) is 36.4 Å². The third-order valence-corrected chi connectivity index (χ3v) is 21.1. The predicted octanol–water partition coefficient (Wildman–Crippen LogP) is 22.0. The second kappa shape index (κ2) is 47.7. The molecule has 0 aliphatic heterocycles. The van der Waals surface area contributed by atoms with Gasteiger partial charge < -0.3 is 65.6 Å². The van der Waals surface area contributed by atoms with Crippen LogP contribution in [0.25, 0.3) is 0 Å². The summed E-state index contributed by atoms with van der Waals surface area (Å²) in [5, 5.41) is 19.5. The predicted molar refractivity (Wildman–Crippen MR) is 540 cm³/mol. The first kappa shape index (κ1) is 106. The number of rotatable bonds is 29. The van der Waals surface area contributed by atoms with Crippen molar-refractivity contribution in [3.63, 3.8) is 0 Å². The summed E-state index contributed by atoms with van der Waals surface area (Å²) in [6.45, 7) is 33.2. The Morgan fingerprint density at radius 1 is 0.220 bits per heavy atom. The Bertz CT molecular complexity index is 6400. The van der Waals surface area contributed by atoms with Crippen LogP contribution in [0.3, 0.4) is 0 Å². The molecule has 0 unspecified atom stereocenters. The molecule has 726 valence electrons. The topological polar surface area (TPSA) is 396 Å². The zero-order chi connectivity index (χ0) is 103. The molecule has 12 aromatic carbocycles. The first-order valence-electron chi connectivity index (χ1n) is 45.3. The summed E-state index contributed by atoms with van der Waals surface area (Å²) >= 11 is 0. The maximum absolute atomic E-state index is 13.5. The highest BCUT2D eigenvalue weighted by molar-refractivity contribution is 6.13. The van der Waals surface area contributed by atoms with Crippen LogP contribution < -0.4 is 65.6 Å². The number of ether oxygens (including phenoxy) is 6. The molecule has 0 bridgehead atoms. The van der Waals surface area contributed by atoms with Gasteiger partial charge in [-0.3, -0.25) is 71.9 Å². The van der Waals surface area contributed by atoms with E-state index in [1.165, 1.54) is 148 Å². The standard InChI is InChI=1S/C40H46N2O3.C39H39N3O9.C34H28N2O9/c1-38(2,3)30-16-10-26(11-17-30)22-35(43)29-23-33(41-36(44)27-12-18-31(19-13-27)39(4,5)6)25-34(24-29)42-37(45)28-14-20-32(21-15-28)40(7,8)9;1-22(2)37(46)49-31-13-7-25(8-14-31)34(43)41-29-19-27(36(45)40-28-11-17-33(18-12-28)51-39(48)24(5)6)20-30(21-29)42-35(44)26-9-15-32(16-10-26)50-38(47)23(3)4;1-20(37)43-29-10-4-7-23(13-29)14-32(40)26-15-27(35-33(41)24-8-5-11-30(17-24)44-21(2)38)19-28(16-26)36-34(42)25-9-6-12-31(18-25)45-22(3)39/h10-21,23-25H,22H2,1-9H3,(H,41,44)(H,42,45);7-24H,1-6H3,(H,40,45)(H,41,43)(H,42,44);4-13,15-19H,14H2,1-3H3,(H,35,41)(H,36,42). The molecule has 0 radical (unpaired) electrons. The van der Waals surface area contributed by atoms with Crippen molar-refractivity contribution in [3.05, 3.63) is 351 Å². The van der Waals surface area contributed by atoms with Crippen molar-refractivity contribution in [1.29, 1.82) is 0 Å². The zero-order valence-corrected chi connectivity index (χ0v) is 81.7. The van der Waals surface area contributed by atoms with Crippen molar-refractivity contribution in [2.45, 2.75) is 154 Å². The molecule has 141 heavy (non-hydrogen) atoms. The number of benzene rings is 12. The number of carbonyl (C=O) groups excluding carboxylic acids is 15. The van der Waals surface area contributed by atoms with E-state index in [4.69, 9.17) is 28.4 Å². The molecule has 0 aliphatic carbocycles. The number of ketones is 2. The van der Waals surface area contributed by atoms with Gasteiger partial charge >= 0.3 is 35.8 Å². The quantitative estimate of drug-likeness (QED) is 0.0130. The molecular formula is C113H113N7O21. The average Bonchev–Trinajstić information content (AvgIpc) is 0.851. The number of Topliss-reactive ketones (excluding diaryl/α,β-unsaturated/α-hetero) is 2. The van der Waals surface area contributed by atoms with Crippen LogP contribution in [0.15, 0.2) is 273 Å². The maximum Gasteiger partial charge on any atom is 0.313 e. The van der Waals surface area contributed by atoms with Crippen molar-refractivity contribution in [2.24, 2.45) is 17.8 Å². The maximum atomic E-state index is 13.5. The largest absolute Gasteiger partial charge is 0.427 e. The fourth-order valence-electron chi connectivity index (χ4n) is 13.4. The second-order valence-corrected chi connectivity index (χ2v) is 37.2. The number of hydrogen-bond acceptors (Lipinski definition) is 21. The molecule has 0 aliphatic rings. The highest BCUT2D eigenvalue weighted by atomic mass is 16.6. The van der Waals surface area contributed by atoms with E-state index in [0.717, 1.165) is 16.7 Å². The Morgan fingerprint density at radius 3 is 0.752 bits per heavy atom. The molecule has 7 N–H and O–H groups in total. The molecule has 0 spiro atoms. The molecular weight excluding hydrogens is 1790 g/mol. The molecule has 7 amide bonds. The summed E-state index contributed by atoms with van der Waals surface area (Å²) in [7, 11) is 0. The van der Waals surface area contributed by atoms with Gasteiger partial charge in [0.1, 0.15) is 34.5 Å². The first-order chi connectivity index (χ1) is 66.5. The molecule has 0 atom stereocenters. The Balaban J connectivity index is 0.000000218. The van der Waals surface area contributed by atoms with Gasteiger partial charge in [-0.2, -0.15) is 0 Å². The smallest absolute Gasteiger partial charge is 0.313 e. The molecule has 0 saturated carbocycles. The van der Waals surface area contributed by atoms with Crippen LogP contribution in [-0.4, -0.2) is 88.7 Å². The molecule has 0 fully saturated rings. The van der Waals surface area contributed by atoms with Crippen LogP contribution >= 0.6 is 0 Å². The third kappa shape index (κ3) is 32.7. The third-order valence-electron chi connectivity index (χ3n) is 21.1. The van der Waals surface area contributed by atoms with E-state index >= 15 is 0 Å². The van der Waals surface area contributed by atoms with E-state index < -0.39 is 65.4 Å². The molecule has 12 aromatic rings. The molecule has 12 rings (SSSR count). The molecule has 28 heteroatoms. The summed E-state index contributed by atoms with van der Waals surface area (Å²) in [5.41, 5.74) is 9.44. The highest BCUT2D eigenvalue weighted by Crippen LogP contribution is 2.33. The van der Waals surface area contributed by atoms with Crippen LogP contribution in [0.1, 0.15) is 246 Å². The summed E-state index contributed by atoms with van der Waals surface area (Å²) in [6.07, 6.45) is 0.118. The Labute approximate surface area is 818 Å². The van der Waals surface area contributed by atoms with E-state index in [9.17, 15) is 71.9 Å². The minimum atomic E-state index is -0.561. The van der Waals surface area contributed by atoms with Gasteiger partial charge in [0.2, 0.25) is 0 Å². The molecule has 0 heterocycles. The van der Waals surface area contributed by atoms with Crippen molar-refractivity contribution in [1.82, 2.24) is 0 Å². The SMILES string of the molecule is CC(=O)Oc1cccc(CC(=O)c2cc(NC(=O)c3cccc(OC(C)=O)c3)cc(NC(=O)c3cccc(OC(C)=O)c3)c2)c1.CC(C)(C)c1ccc(CC(=O)c2cc(NC(=O)c3ccc(C(C)(C)C)cc3)cc(NC(=O)c3ccc(C(C)(C)C)cc3)c2)cc1.CC(C)C(=O)Oc1ccc(NC(=O)c2cc(NC(=O)c3ccc(OC(=O)C(C)C)cc3)cc(NC(=O)c3ccc(OC(=O)C(C)C)cc3)c2)cc1. The van der Waals surface area contributed by atoms with Gasteiger partial charge in [0.05, 0.1) is 17.8 Å². The van der Waals surface area contributed by atoms with E-state index in [0.29, 0.717) is 45.1 Å². The van der Waals surface area contributed by atoms with Gasteiger partial charge in [-0.05, 0) is 244 Å². The minimum Gasteiger partial charge on any atom is -0.427 e. The summed E-state index contributed by atoms with van der Waals surface area (Å²) < 4.78 is 31.1. The van der Waals surface area contributed by atoms with Crippen molar-refractivity contribution in [2.75, 3.05) is 37.2 Å². The molecule has 0 saturated heterocycles. The zero-order valence-electron chi connectivity index (χ0n) is 81.7. The number of esters is 6. The van der Waals surface area contributed by atoms with Gasteiger partial charge in [0.25, 0.3) is 41.4 Å². The van der Waals surface area contributed by atoms with Crippen molar-refractivity contribution < 1.29 is 100 Å². The van der Waals surface area contributed by atoms with E-state index in [-0.39, 0.29) is 155 Å². The summed E-state index contributed by atoms with van der Waals surface area (Å²) in [4.78, 5) is 189. The number of anilines is 7. The summed E-state index contributed by atoms with van der Waals surface area (Å²) in [6, 6.07) is 73.5. The lowest BCUT2D eigenvalue weighted by Gasteiger charge is -2.19. The normalized spacial score (nSPS) is 11.0. The lowest BCUT2D eigenvalue weighted by Crippen LogP contribution is -2.18. The van der Waals surface area contributed by atoms with Crippen LogP contribution in [0.5, 0.6) is 34.5 Å². The number of carbonyl (C=O) groups is 15. The van der Waals surface area contributed by atoms with Gasteiger partial charge in [0.15, 0.2) is 11.6 Å². The van der Waals surface area contributed by atoms with Gasteiger partial charge in [-0.25, -0.2) is 0 Å². The average molecular weight is 1910 g/mol. The van der Waals surface area contributed by atoms with Gasteiger partial charge in [0, 0.05) is 123 Å². The van der Waals surface area contributed by atoms with E-state index in [2.05, 4.69) is 112 Å². The Hall–Kier alpha value is -16.9. The lowest BCUT2D eigenvalue weighted by atomic mass is 9.86. The number of hydrogen-bond donors (Lipinski definition) is 7. The van der Waals surface area contributed by atoms with Gasteiger partial charge in [-0.1, -0.05) is 177 Å². The fourth-order valence-corrected chi connectivity index (χ4v) is 13.4. The van der Waals surface area contributed by atoms with Crippen LogP contribution in [-0.2, 0) is 57.9 Å².